The maximum atomic E-state index is 11.2. The van der Waals surface area contributed by atoms with Crippen LogP contribution >= 0.6 is 28.1 Å². The Balaban J connectivity index is 1.71. The van der Waals surface area contributed by atoms with Gasteiger partial charge < -0.3 is 15.0 Å². The third kappa shape index (κ3) is 4.91. The smallest absolute Gasteiger partial charge is 0.221 e. The van der Waals surface area contributed by atoms with Crippen molar-refractivity contribution in [2.45, 2.75) is 40.7 Å². The molecule has 1 aromatic heterocycles. The number of nitrogens with zero attached hydrogens (tertiary/aromatic N) is 3. The molecule has 3 aromatic carbocycles. The number of aromatic hydroxyl groups is 1. The summed E-state index contributed by atoms with van der Waals surface area (Å²) in [6, 6.07) is 18.3. The number of para-hydroxylation sites is 1. The van der Waals surface area contributed by atoms with Crippen LogP contribution < -0.4 is 5.32 Å². The van der Waals surface area contributed by atoms with Gasteiger partial charge in [-0.2, -0.15) is 0 Å². The highest BCUT2D eigenvalue weighted by Crippen LogP contribution is 2.40. The molecule has 0 fully saturated rings. The Kier molecular flexibility index (Phi) is 7.14. The third-order valence-corrected chi connectivity index (χ3v) is 6.69. The number of fused-ring (bicyclic) bond motifs is 1. The maximum absolute atomic E-state index is 11.2. The average Bonchev–Trinajstić information content (AvgIpc) is 3.06. The first-order valence-corrected chi connectivity index (χ1v) is 12.4. The molecule has 0 aliphatic carbocycles. The molecule has 4 rings (SSSR count). The third-order valence-electron chi connectivity index (χ3n) is 6.02. The van der Waals surface area contributed by atoms with E-state index in [1.54, 1.807) is 0 Å². The van der Waals surface area contributed by atoms with Gasteiger partial charge in [-0.15, -0.1) is 10.2 Å². The van der Waals surface area contributed by atoms with Crippen LogP contribution in [0.2, 0.25) is 0 Å². The van der Waals surface area contributed by atoms with Gasteiger partial charge in [-0.1, -0.05) is 64.8 Å². The summed E-state index contributed by atoms with van der Waals surface area (Å²) in [5, 5.41) is 24.1. The topological polar surface area (TPSA) is 61.9 Å². The molecular formula is C27H27BrN4OS. The molecule has 1 heterocycles. The zero-order valence-electron chi connectivity index (χ0n) is 19.7. The Morgan fingerprint density at radius 1 is 1.03 bits per heavy atom. The number of hydrogen-bond donors (Lipinski definition) is 2. The Labute approximate surface area is 213 Å². The normalized spacial score (nSPS) is 11.4. The van der Waals surface area contributed by atoms with E-state index >= 15 is 0 Å². The van der Waals surface area contributed by atoms with Crippen molar-refractivity contribution in [2.75, 3.05) is 5.32 Å². The molecule has 0 spiro atoms. The molecule has 0 bridgehead atoms. The lowest BCUT2D eigenvalue weighted by molar-refractivity contribution is 0.429. The van der Waals surface area contributed by atoms with Gasteiger partial charge in [0.25, 0.3) is 0 Å². The summed E-state index contributed by atoms with van der Waals surface area (Å²) >= 11 is 9.00. The summed E-state index contributed by atoms with van der Waals surface area (Å²) in [6.45, 7) is 8.81. The number of thiocarbonyl (C=S) groups is 1. The highest BCUT2D eigenvalue weighted by Gasteiger charge is 2.18. The standard InChI is InChI=1S/C27H27BrN4OS/c1-5-19-8-6-7-18(4)24(19)29-27(34)31-30-25-22-14-21(28)11-12-23(22)32(26(25)33)15-20-13-16(2)9-10-17(20)3/h6-14,33H,5,15H2,1-4H3,(H,29,34). The van der Waals surface area contributed by atoms with Gasteiger partial charge in [0, 0.05) is 15.5 Å². The van der Waals surface area contributed by atoms with Crippen LogP contribution in [0.15, 0.2) is 69.3 Å². The van der Waals surface area contributed by atoms with Gasteiger partial charge in [0.05, 0.1) is 12.1 Å². The molecule has 0 amide bonds. The molecule has 0 radical (unpaired) electrons. The zero-order chi connectivity index (χ0) is 24.4. The van der Waals surface area contributed by atoms with Crippen molar-refractivity contribution in [2.24, 2.45) is 10.2 Å². The van der Waals surface area contributed by atoms with Crippen LogP contribution in [0.1, 0.15) is 34.7 Å². The van der Waals surface area contributed by atoms with Gasteiger partial charge >= 0.3 is 0 Å². The Bertz CT molecular complexity index is 1420. The van der Waals surface area contributed by atoms with Gasteiger partial charge in [-0.3, -0.25) is 0 Å². The van der Waals surface area contributed by atoms with Gasteiger partial charge in [-0.05, 0) is 79.9 Å². The van der Waals surface area contributed by atoms with Crippen molar-refractivity contribution < 1.29 is 5.11 Å². The average molecular weight is 536 g/mol. The molecule has 0 atom stereocenters. The van der Waals surface area contributed by atoms with E-state index < -0.39 is 0 Å². The summed E-state index contributed by atoms with van der Waals surface area (Å²) in [7, 11) is 0. The molecule has 174 valence electrons. The van der Waals surface area contributed by atoms with Gasteiger partial charge in [-0.25, -0.2) is 0 Å². The van der Waals surface area contributed by atoms with Crippen molar-refractivity contribution in [3.05, 3.63) is 86.9 Å². The SMILES string of the molecule is CCc1cccc(C)c1NC(=S)N=Nc1c(O)n(Cc2cc(C)ccc2C)c2ccc(Br)cc12. The van der Waals surface area contributed by atoms with Gasteiger partial charge in [0.1, 0.15) is 0 Å². The van der Waals surface area contributed by atoms with E-state index in [9.17, 15) is 5.11 Å². The molecular weight excluding hydrogens is 508 g/mol. The van der Waals surface area contributed by atoms with E-state index in [4.69, 9.17) is 12.2 Å². The first-order valence-electron chi connectivity index (χ1n) is 11.2. The van der Waals surface area contributed by atoms with Crippen LogP contribution in [0.25, 0.3) is 10.9 Å². The van der Waals surface area contributed by atoms with Crippen molar-refractivity contribution in [1.82, 2.24) is 4.57 Å². The zero-order valence-corrected chi connectivity index (χ0v) is 22.1. The number of anilines is 1. The van der Waals surface area contributed by atoms with Gasteiger partial charge in [0.2, 0.25) is 11.0 Å². The summed E-state index contributed by atoms with van der Waals surface area (Å²) < 4.78 is 2.76. The predicted molar refractivity (Wildman–Crippen MR) is 148 cm³/mol. The van der Waals surface area contributed by atoms with E-state index in [0.29, 0.717) is 12.2 Å². The number of halogens is 1. The van der Waals surface area contributed by atoms with E-state index in [-0.39, 0.29) is 11.0 Å². The lowest BCUT2D eigenvalue weighted by Gasteiger charge is -2.12. The molecule has 0 aliphatic heterocycles. The van der Waals surface area contributed by atoms with Crippen LogP contribution in [0.3, 0.4) is 0 Å². The van der Waals surface area contributed by atoms with E-state index in [2.05, 4.69) is 76.5 Å². The minimum atomic E-state index is 0.0608. The molecule has 2 N–H and O–H groups in total. The van der Waals surface area contributed by atoms with Crippen LogP contribution in [0.5, 0.6) is 5.88 Å². The molecule has 4 aromatic rings. The van der Waals surface area contributed by atoms with Crippen molar-refractivity contribution >= 4 is 55.5 Å². The highest BCUT2D eigenvalue weighted by atomic mass is 79.9. The second-order valence-corrected chi connectivity index (χ2v) is 9.74. The number of benzene rings is 3. The number of rotatable bonds is 5. The summed E-state index contributed by atoms with van der Waals surface area (Å²) in [4.78, 5) is 0. The quantitative estimate of drug-likeness (QED) is 0.200. The highest BCUT2D eigenvalue weighted by molar-refractivity contribution is 9.10. The number of hydrogen-bond acceptors (Lipinski definition) is 3. The van der Waals surface area contributed by atoms with Crippen molar-refractivity contribution in [3.63, 3.8) is 0 Å². The molecule has 34 heavy (non-hydrogen) atoms. The van der Waals surface area contributed by atoms with E-state index in [0.717, 1.165) is 44.2 Å². The van der Waals surface area contributed by atoms with E-state index in [1.165, 1.54) is 11.1 Å². The summed E-state index contributed by atoms with van der Waals surface area (Å²) in [5.74, 6) is 0.0608. The molecule has 0 saturated heterocycles. The van der Waals surface area contributed by atoms with Crippen LogP contribution in [-0.4, -0.2) is 14.8 Å². The van der Waals surface area contributed by atoms with Crippen molar-refractivity contribution in [3.8, 4) is 5.88 Å². The molecule has 7 heteroatoms. The fourth-order valence-corrected chi connectivity index (χ4v) is 4.63. The Morgan fingerprint density at radius 3 is 2.59 bits per heavy atom. The fourth-order valence-electron chi connectivity index (χ4n) is 4.12. The van der Waals surface area contributed by atoms with Crippen LogP contribution in [-0.2, 0) is 13.0 Å². The van der Waals surface area contributed by atoms with Crippen molar-refractivity contribution in [1.29, 1.82) is 0 Å². The van der Waals surface area contributed by atoms with Gasteiger partial charge in [0.15, 0.2) is 5.69 Å². The van der Waals surface area contributed by atoms with E-state index in [1.807, 2.05) is 41.8 Å². The maximum Gasteiger partial charge on any atom is 0.221 e. The second kappa shape index (κ2) is 10.1. The number of aromatic nitrogens is 1. The molecule has 0 aliphatic rings. The monoisotopic (exact) mass is 534 g/mol. The lowest BCUT2D eigenvalue weighted by atomic mass is 10.1. The molecule has 0 unspecified atom stereocenters. The van der Waals surface area contributed by atoms with Crippen LogP contribution in [0.4, 0.5) is 11.4 Å². The minimum absolute atomic E-state index is 0.0608. The Morgan fingerprint density at radius 2 is 1.82 bits per heavy atom. The first-order chi connectivity index (χ1) is 16.3. The number of azo groups is 1. The number of aryl methyl sites for hydroxylation is 4. The van der Waals surface area contributed by atoms with Crippen LogP contribution in [0, 0.1) is 20.8 Å². The second-order valence-electron chi connectivity index (χ2n) is 8.44. The summed E-state index contributed by atoms with van der Waals surface area (Å²) in [5.41, 5.74) is 7.97. The Hall–Kier alpha value is -3.03. The lowest BCUT2D eigenvalue weighted by Crippen LogP contribution is -2.08. The molecule has 0 saturated carbocycles. The first kappa shape index (κ1) is 24.1. The largest absolute Gasteiger partial charge is 0.493 e. The molecule has 5 nitrogen and oxygen atoms in total. The number of nitrogens with one attached hydrogen (secondary N) is 1. The summed E-state index contributed by atoms with van der Waals surface area (Å²) in [6.07, 6.45) is 0.879. The fraction of sp³-hybridized carbons (Fsp3) is 0.222. The predicted octanol–water partition coefficient (Wildman–Crippen LogP) is 8.13. The minimum Gasteiger partial charge on any atom is -0.493 e.